The van der Waals surface area contributed by atoms with Gasteiger partial charge in [0.25, 0.3) is 0 Å². The summed E-state index contributed by atoms with van der Waals surface area (Å²) < 4.78 is 40.7. The predicted octanol–water partition coefficient (Wildman–Crippen LogP) is 3.87. The average Bonchev–Trinajstić information content (AvgIpc) is 3.30. The van der Waals surface area contributed by atoms with Crippen LogP contribution >= 0.6 is 11.8 Å². The summed E-state index contributed by atoms with van der Waals surface area (Å²) in [7, 11) is -3.82. The molecule has 3 aromatic rings. The first-order valence-electron chi connectivity index (χ1n) is 9.76. The van der Waals surface area contributed by atoms with Crippen LogP contribution < -0.4 is 5.32 Å². The SMILES string of the molecule is O=C(NCc1ccc(F)cc1)C1SCCN1S(=O)(=O)c1ccc(-c2ccccc2)cc1. The maximum atomic E-state index is 13.2. The van der Waals surface area contributed by atoms with Crippen molar-refractivity contribution in [1.29, 1.82) is 0 Å². The maximum absolute atomic E-state index is 13.2. The topological polar surface area (TPSA) is 66.5 Å². The van der Waals surface area contributed by atoms with E-state index >= 15 is 0 Å². The van der Waals surface area contributed by atoms with E-state index in [1.165, 1.54) is 28.2 Å². The summed E-state index contributed by atoms with van der Waals surface area (Å²) in [5.74, 6) is -0.191. The molecule has 8 heteroatoms. The molecule has 1 fully saturated rings. The van der Waals surface area contributed by atoms with Gasteiger partial charge in [-0.25, -0.2) is 12.8 Å². The molecule has 5 nitrogen and oxygen atoms in total. The molecule has 0 radical (unpaired) electrons. The van der Waals surface area contributed by atoms with Gasteiger partial charge < -0.3 is 5.32 Å². The lowest BCUT2D eigenvalue weighted by Crippen LogP contribution is -2.44. The number of rotatable bonds is 6. The number of amides is 1. The van der Waals surface area contributed by atoms with Crippen LogP contribution in [0.25, 0.3) is 11.1 Å². The van der Waals surface area contributed by atoms with Crippen molar-refractivity contribution >= 4 is 27.7 Å². The molecule has 1 atom stereocenters. The number of hydrogen-bond donors (Lipinski definition) is 1. The van der Waals surface area contributed by atoms with E-state index in [2.05, 4.69) is 5.32 Å². The van der Waals surface area contributed by atoms with E-state index in [-0.39, 0.29) is 29.7 Å². The molecule has 4 rings (SSSR count). The molecule has 0 bridgehead atoms. The Balaban J connectivity index is 1.47. The van der Waals surface area contributed by atoms with E-state index in [0.29, 0.717) is 5.75 Å². The second kappa shape index (κ2) is 9.21. The predicted molar refractivity (Wildman–Crippen MR) is 120 cm³/mol. The number of benzene rings is 3. The molecule has 1 aliphatic rings. The number of sulfonamides is 1. The summed E-state index contributed by atoms with van der Waals surface area (Å²) in [5, 5.41) is 1.92. The third kappa shape index (κ3) is 4.81. The zero-order valence-electron chi connectivity index (χ0n) is 16.6. The van der Waals surface area contributed by atoms with Crippen LogP contribution in [0.5, 0.6) is 0 Å². The number of thioether (sulfide) groups is 1. The normalized spacial score (nSPS) is 16.9. The Kier molecular flexibility index (Phi) is 6.41. The zero-order valence-corrected chi connectivity index (χ0v) is 18.2. The van der Waals surface area contributed by atoms with Crippen molar-refractivity contribution in [1.82, 2.24) is 9.62 Å². The zero-order chi connectivity index (χ0) is 21.8. The number of nitrogens with one attached hydrogen (secondary N) is 1. The fourth-order valence-corrected chi connectivity index (χ4v) is 6.47. The Morgan fingerprint density at radius 1 is 0.968 bits per heavy atom. The number of hydrogen-bond acceptors (Lipinski definition) is 4. The molecule has 1 aliphatic heterocycles. The number of carbonyl (C=O) groups is 1. The molecule has 0 spiro atoms. The molecule has 160 valence electrons. The van der Waals surface area contributed by atoms with Gasteiger partial charge in [0.2, 0.25) is 15.9 Å². The molecule has 1 N–H and O–H groups in total. The molecule has 1 heterocycles. The van der Waals surface area contributed by atoms with Crippen molar-refractivity contribution in [2.75, 3.05) is 12.3 Å². The van der Waals surface area contributed by atoms with E-state index in [9.17, 15) is 17.6 Å². The Hall–Kier alpha value is -2.68. The standard InChI is InChI=1S/C23H21FN2O3S2/c24-20-10-6-17(7-11-20)16-25-22(27)23-26(14-15-30-23)31(28,29)21-12-8-19(9-13-21)18-4-2-1-3-5-18/h1-13,23H,14-16H2,(H,25,27). The Bertz CT molecular complexity index is 1150. The van der Waals surface area contributed by atoms with Crippen LogP contribution in [0.15, 0.2) is 83.8 Å². The highest BCUT2D eigenvalue weighted by Crippen LogP contribution is 2.31. The second-order valence-electron chi connectivity index (χ2n) is 7.07. The molecular formula is C23H21FN2O3S2. The lowest BCUT2D eigenvalue weighted by Gasteiger charge is -2.22. The van der Waals surface area contributed by atoms with Gasteiger partial charge in [-0.1, -0.05) is 54.6 Å². The smallest absolute Gasteiger partial charge is 0.249 e. The molecule has 0 aromatic heterocycles. The molecule has 1 amide bonds. The highest BCUT2D eigenvalue weighted by molar-refractivity contribution is 8.02. The van der Waals surface area contributed by atoms with Gasteiger partial charge in [0.15, 0.2) is 0 Å². The summed E-state index contributed by atoms with van der Waals surface area (Å²) in [6.45, 7) is 0.470. The van der Waals surface area contributed by atoms with Crippen LogP contribution in [-0.2, 0) is 21.4 Å². The largest absolute Gasteiger partial charge is 0.350 e. The minimum absolute atomic E-state index is 0.158. The third-order valence-corrected chi connectivity index (χ3v) is 8.24. The van der Waals surface area contributed by atoms with Crippen LogP contribution in [0.1, 0.15) is 5.56 Å². The van der Waals surface area contributed by atoms with Gasteiger partial charge in [0.1, 0.15) is 11.2 Å². The number of halogens is 1. The van der Waals surface area contributed by atoms with Crippen LogP contribution in [0.2, 0.25) is 0 Å². The maximum Gasteiger partial charge on any atom is 0.249 e. The van der Waals surface area contributed by atoms with E-state index in [4.69, 9.17) is 0 Å². The third-order valence-electron chi connectivity index (χ3n) is 5.02. The van der Waals surface area contributed by atoms with Gasteiger partial charge in [-0.15, -0.1) is 11.8 Å². The van der Waals surface area contributed by atoms with E-state index in [0.717, 1.165) is 16.7 Å². The van der Waals surface area contributed by atoms with Crippen LogP contribution in [-0.4, -0.2) is 36.3 Å². The fraction of sp³-hybridized carbons (Fsp3) is 0.174. The Labute approximate surface area is 185 Å². The van der Waals surface area contributed by atoms with E-state index in [1.807, 2.05) is 30.3 Å². The fourth-order valence-electron chi connectivity index (χ4n) is 3.37. The van der Waals surface area contributed by atoms with Gasteiger partial charge in [0, 0.05) is 18.8 Å². The van der Waals surface area contributed by atoms with Crippen molar-refractivity contribution < 1.29 is 17.6 Å². The van der Waals surface area contributed by atoms with Crippen molar-refractivity contribution in [3.8, 4) is 11.1 Å². The highest BCUT2D eigenvalue weighted by atomic mass is 32.2. The molecule has 0 aliphatic carbocycles. The Morgan fingerprint density at radius 2 is 1.61 bits per heavy atom. The number of nitrogens with zero attached hydrogens (tertiary/aromatic N) is 1. The van der Waals surface area contributed by atoms with Crippen LogP contribution in [0.3, 0.4) is 0 Å². The van der Waals surface area contributed by atoms with Gasteiger partial charge in [-0.3, -0.25) is 4.79 Å². The monoisotopic (exact) mass is 456 g/mol. The van der Waals surface area contributed by atoms with Crippen molar-refractivity contribution in [2.45, 2.75) is 16.8 Å². The summed E-state index contributed by atoms with van der Waals surface area (Å²) in [5.41, 5.74) is 2.66. The lowest BCUT2D eigenvalue weighted by atomic mass is 10.1. The summed E-state index contributed by atoms with van der Waals surface area (Å²) in [6, 6.07) is 22.2. The van der Waals surface area contributed by atoms with Crippen LogP contribution in [0, 0.1) is 5.82 Å². The first-order valence-corrected chi connectivity index (χ1v) is 12.2. The van der Waals surface area contributed by atoms with Gasteiger partial charge in [-0.2, -0.15) is 4.31 Å². The minimum Gasteiger partial charge on any atom is -0.350 e. The summed E-state index contributed by atoms with van der Waals surface area (Å²) >= 11 is 1.29. The lowest BCUT2D eigenvalue weighted by molar-refractivity contribution is -0.122. The quantitative estimate of drug-likeness (QED) is 0.612. The van der Waals surface area contributed by atoms with Gasteiger partial charge in [-0.05, 0) is 41.0 Å². The molecular weight excluding hydrogens is 435 g/mol. The van der Waals surface area contributed by atoms with Crippen molar-refractivity contribution in [3.63, 3.8) is 0 Å². The van der Waals surface area contributed by atoms with Crippen molar-refractivity contribution in [2.24, 2.45) is 0 Å². The van der Waals surface area contributed by atoms with Crippen molar-refractivity contribution in [3.05, 3.63) is 90.2 Å². The summed E-state index contributed by atoms with van der Waals surface area (Å²) in [4.78, 5) is 12.9. The molecule has 31 heavy (non-hydrogen) atoms. The first-order chi connectivity index (χ1) is 14.9. The molecule has 1 unspecified atom stereocenters. The molecule has 0 saturated carbocycles. The van der Waals surface area contributed by atoms with Crippen LogP contribution in [0.4, 0.5) is 4.39 Å². The molecule has 3 aromatic carbocycles. The first kappa shape index (κ1) is 21.5. The van der Waals surface area contributed by atoms with E-state index < -0.39 is 15.4 Å². The number of carbonyl (C=O) groups excluding carboxylic acids is 1. The van der Waals surface area contributed by atoms with Gasteiger partial charge >= 0.3 is 0 Å². The minimum atomic E-state index is -3.82. The highest BCUT2D eigenvalue weighted by Gasteiger charge is 2.40. The van der Waals surface area contributed by atoms with Gasteiger partial charge in [0.05, 0.1) is 4.90 Å². The molecule has 1 saturated heterocycles. The average molecular weight is 457 g/mol. The van der Waals surface area contributed by atoms with E-state index in [1.54, 1.807) is 36.4 Å². The second-order valence-corrected chi connectivity index (χ2v) is 10.2. The summed E-state index contributed by atoms with van der Waals surface area (Å²) in [6.07, 6.45) is 0. The Morgan fingerprint density at radius 3 is 2.29 bits per heavy atom.